The minimum Gasteiger partial charge on any atom is -0.396 e. The Hall–Kier alpha value is -1.62. The number of hydrogen-bond acceptors (Lipinski definition) is 3. The van der Waals surface area contributed by atoms with Crippen LogP contribution in [0, 0.1) is 5.82 Å². The van der Waals surface area contributed by atoms with E-state index in [1.165, 1.54) is 12.1 Å². The lowest BCUT2D eigenvalue weighted by Gasteiger charge is -2.36. The van der Waals surface area contributed by atoms with Gasteiger partial charge in [0.2, 0.25) is 0 Å². The van der Waals surface area contributed by atoms with E-state index in [4.69, 9.17) is 5.73 Å². The highest BCUT2D eigenvalue weighted by atomic mass is 19.1. The SMILES string of the molecule is CN1CCCC(N(C)C(=O)c2cccc(F)c2N)C1. The molecule has 0 saturated carbocycles. The number of anilines is 1. The van der Waals surface area contributed by atoms with E-state index in [-0.39, 0.29) is 23.2 Å². The van der Waals surface area contributed by atoms with E-state index < -0.39 is 5.82 Å². The summed E-state index contributed by atoms with van der Waals surface area (Å²) in [5, 5.41) is 0. The summed E-state index contributed by atoms with van der Waals surface area (Å²) in [6.07, 6.45) is 2.04. The lowest BCUT2D eigenvalue weighted by molar-refractivity contribution is 0.0644. The predicted molar refractivity (Wildman–Crippen MR) is 73.4 cm³/mol. The van der Waals surface area contributed by atoms with Gasteiger partial charge in [0.15, 0.2) is 0 Å². The fourth-order valence-electron chi connectivity index (χ4n) is 2.53. The van der Waals surface area contributed by atoms with E-state index in [2.05, 4.69) is 4.90 Å². The monoisotopic (exact) mass is 265 g/mol. The number of nitrogen functional groups attached to an aromatic ring is 1. The van der Waals surface area contributed by atoms with E-state index in [0.29, 0.717) is 0 Å². The first-order valence-electron chi connectivity index (χ1n) is 6.50. The Balaban J connectivity index is 2.16. The Morgan fingerprint density at radius 3 is 2.95 bits per heavy atom. The van der Waals surface area contributed by atoms with Crippen molar-refractivity contribution in [1.29, 1.82) is 0 Å². The van der Waals surface area contributed by atoms with Gasteiger partial charge < -0.3 is 15.5 Å². The standard InChI is InChI=1S/C14H20FN3O/c1-17-8-4-5-10(9-17)18(2)14(19)11-6-3-7-12(15)13(11)16/h3,6-7,10H,4-5,8-9,16H2,1-2H3. The first kappa shape index (κ1) is 13.8. The van der Waals surface area contributed by atoms with Crippen molar-refractivity contribution in [2.24, 2.45) is 0 Å². The molecule has 1 heterocycles. The molecular weight excluding hydrogens is 245 g/mol. The summed E-state index contributed by atoms with van der Waals surface area (Å²) in [6, 6.07) is 4.51. The number of hydrogen-bond donors (Lipinski definition) is 1. The van der Waals surface area contributed by atoms with Crippen molar-refractivity contribution in [3.05, 3.63) is 29.6 Å². The average Bonchev–Trinajstić information content (AvgIpc) is 2.40. The molecule has 1 aliphatic rings. The molecule has 1 fully saturated rings. The number of amides is 1. The van der Waals surface area contributed by atoms with Crippen molar-refractivity contribution in [1.82, 2.24) is 9.80 Å². The molecule has 1 aromatic carbocycles. The highest BCUT2D eigenvalue weighted by Crippen LogP contribution is 2.20. The molecule has 1 saturated heterocycles. The molecule has 0 spiro atoms. The Kier molecular flexibility index (Phi) is 4.04. The van der Waals surface area contributed by atoms with Gasteiger partial charge in [0.05, 0.1) is 11.3 Å². The van der Waals surface area contributed by atoms with Crippen LogP contribution in [-0.4, -0.2) is 48.9 Å². The van der Waals surface area contributed by atoms with Gasteiger partial charge in [-0.1, -0.05) is 6.07 Å². The van der Waals surface area contributed by atoms with Crippen LogP contribution < -0.4 is 5.73 Å². The molecule has 2 rings (SSSR count). The molecule has 1 aromatic rings. The summed E-state index contributed by atoms with van der Waals surface area (Å²) in [5.74, 6) is -0.752. The number of halogens is 1. The van der Waals surface area contributed by atoms with Crippen LogP contribution in [0.4, 0.5) is 10.1 Å². The zero-order valence-corrected chi connectivity index (χ0v) is 11.4. The van der Waals surface area contributed by atoms with Crippen molar-refractivity contribution < 1.29 is 9.18 Å². The van der Waals surface area contributed by atoms with E-state index in [1.54, 1.807) is 18.0 Å². The van der Waals surface area contributed by atoms with Crippen molar-refractivity contribution in [3.8, 4) is 0 Å². The van der Waals surface area contributed by atoms with Crippen molar-refractivity contribution >= 4 is 11.6 Å². The molecule has 104 valence electrons. The Morgan fingerprint density at radius 1 is 1.53 bits per heavy atom. The van der Waals surface area contributed by atoms with Crippen LogP contribution in [-0.2, 0) is 0 Å². The predicted octanol–water partition coefficient (Wildman–Crippen LogP) is 1.57. The van der Waals surface area contributed by atoms with E-state index in [1.807, 2.05) is 7.05 Å². The van der Waals surface area contributed by atoms with Gasteiger partial charge in [-0.05, 0) is 38.6 Å². The molecular formula is C14H20FN3O. The zero-order chi connectivity index (χ0) is 14.0. The van der Waals surface area contributed by atoms with Gasteiger partial charge in [-0.15, -0.1) is 0 Å². The summed E-state index contributed by atoms with van der Waals surface area (Å²) in [4.78, 5) is 16.3. The molecule has 1 aliphatic heterocycles. The Morgan fingerprint density at radius 2 is 2.26 bits per heavy atom. The molecule has 4 nitrogen and oxygen atoms in total. The maximum atomic E-state index is 13.4. The third-order valence-electron chi connectivity index (χ3n) is 3.75. The number of piperidine rings is 1. The number of nitrogens with two attached hydrogens (primary N) is 1. The molecule has 1 atom stereocenters. The van der Waals surface area contributed by atoms with Gasteiger partial charge in [-0.25, -0.2) is 4.39 Å². The second-order valence-corrected chi connectivity index (χ2v) is 5.18. The minimum absolute atomic E-state index is 0.0662. The van der Waals surface area contributed by atoms with E-state index >= 15 is 0 Å². The Bertz CT molecular complexity index is 478. The number of benzene rings is 1. The van der Waals surface area contributed by atoms with Crippen LogP contribution in [0.2, 0.25) is 0 Å². The lowest BCUT2D eigenvalue weighted by Crippen LogP contribution is -2.47. The number of nitrogens with zero attached hydrogens (tertiary/aromatic N) is 2. The van der Waals surface area contributed by atoms with E-state index in [0.717, 1.165) is 25.9 Å². The third kappa shape index (κ3) is 2.87. The third-order valence-corrected chi connectivity index (χ3v) is 3.75. The topological polar surface area (TPSA) is 49.6 Å². The van der Waals surface area contributed by atoms with Crippen molar-refractivity contribution in [3.63, 3.8) is 0 Å². The number of rotatable bonds is 2. The molecule has 0 aromatic heterocycles. The van der Waals surface area contributed by atoms with Gasteiger partial charge in [-0.3, -0.25) is 4.79 Å². The van der Waals surface area contributed by atoms with Crippen molar-refractivity contribution in [2.75, 3.05) is 32.9 Å². The second-order valence-electron chi connectivity index (χ2n) is 5.18. The zero-order valence-electron chi connectivity index (χ0n) is 11.4. The van der Waals surface area contributed by atoms with Crippen LogP contribution >= 0.6 is 0 Å². The fraction of sp³-hybridized carbons (Fsp3) is 0.500. The molecule has 19 heavy (non-hydrogen) atoms. The van der Waals surface area contributed by atoms with Crippen LogP contribution in [0.1, 0.15) is 23.2 Å². The van der Waals surface area contributed by atoms with Crippen LogP contribution in [0.25, 0.3) is 0 Å². The molecule has 0 aliphatic carbocycles. The normalized spacial score (nSPS) is 20.3. The minimum atomic E-state index is -0.542. The van der Waals surface area contributed by atoms with Crippen LogP contribution in [0.5, 0.6) is 0 Å². The Labute approximate surface area is 113 Å². The smallest absolute Gasteiger partial charge is 0.256 e. The summed E-state index contributed by atoms with van der Waals surface area (Å²) in [5.41, 5.74) is 5.83. The average molecular weight is 265 g/mol. The number of carbonyl (C=O) groups is 1. The lowest BCUT2D eigenvalue weighted by atomic mass is 10.0. The molecule has 0 radical (unpaired) electrons. The first-order valence-corrected chi connectivity index (χ1v) is 6.50. The summed E-state index contributed by atoms with van der Waals surface area (Å²) in [6.45, 7) is 1.90. The number of likely N-dealkylation sites (tertiary alicyclic amines) is 1. The second kappa shape index (κ2) is 5.57. The maximum absolute atomic E-state index is 13.4. The van der Waals surface area contributed by atoms with Crippen molar-refractivity contribution in [2.45, 2.75) is 18.9 Å². The molecule has 5 heteroatoms. The highest BCUT2D eigenvalue weighted by molar-refractivity contribution is 5.99. The quantitative estimate of drug-likeness (QED) is 0.826. The van der Waals surface area contributed by atoms with Gasteiger partial charge in [0, 0.05) is 19.6 Å². The van der Waals surface area contributed by atoms with Crippen LogP contribution in [0.15, 0.2) is 18.2 Å². The highest BCUT2D eigenvalue weighted by Gasteiger charge is 2.26. The number of carbonyl (C=O) groups excluding carboxylic acids is 1. The first-order chi connectivity index (χ1) is 9.00. The van der Waals surface area contributed by atoms with E-state index in [9.17, 15) is 9.18 Å². The maximum Gasteiger partial charge on any atom is 0.256 e. The summed E-state index contributed by atoms with van der Waals surface area (Å²) in [7, 11) is 3.80. The van der Waals surface area contributed by atoms with Gasteiger partial charge >= 0.3 is 0 Å². The van der Waals surface area contributed by atoms with Gasteiger partial charge in [-0.2, -0.15) is 0 Å². The molecule has 0 bridgehead atoms. The molecule has 1 unspecified atom stereocenters. The number of para-hydroxylation sites is 1. The fourth-order valence-corrected chi connectivity index (χ4v) is 2.53. The summed E-state index contributed by atoms with van der Waals surface area (Å²) < 4.78 is 13.4. The molecule has 1 amide bonds. The van der Waals surface area contributed by atoms with Gasteiger partial charge in [0.1, 0.15) is 5.82 Å². The number of likely N-dealkylation sites (N-methyl/N-ethyl adjacent to an activating group) is 2. The van der Waals surface area contributed by atoms with Crippen LogP contribution in [0.3, 0.4) is 0 Å². The van der Waals surface area contributed by atoms with Gasteiger partial charge in [0.25, 0.3) is 5.91 Å². The largest absolute Gasteiger partial charge is 0.396 e. The molecule has 2 N–H and O–H groups in total. The summed E-state index contributed by atoms with van der Waals surface area (Å²) >= 11 is 0.